The molecule has 0 radical (unpaired) electrons. The quantitative estimate of drug-likeness (QED) is 0.145. The Morgan fingerprint density at radius 3 is 1.93 bits per heavy atom. The molecule has 2 aromatic carbocycles. The second kappa shape index (κ2) is 17.6. The van der Waals surface area contributed by atoms with Crippen molar-refractivity contribution in [3.05, 3.63) is 47.5 Å². The van der Waals surface area contributed by atoms with Crippen LogP contribution < -0.4 is 14.2 Å². The Balaban J connectivity index is 2.75. The summed E-state index contributed by atoms with van der Waals surface area (Å²) in [5.74, 6) is -1.24. The van der Waals surface area contributed by atoms with Crippen LogP contribution in [0, 0.1) is 5.92 Å². The molecule has 7 nitrogen and oxygen atoms in total. The van der Waals surface area contributed by atoms with Crippen molar-refractivity contribution in [2.24, 2.45) is 5.92 Å². The van der Waals surface area contributed by atoms with Crippen molar-refractivity contribution in [1.82, 2.24) is 0 Å². The summed E-state index contributed by atoms with van der Waals surface area (Å²) in [6.45, 7) is 6.29. The third kappa shape index (κ3) is 9.14. The SMILES string of the molecule is CCCCCCC(C(=O)O)(c1cc(OC)ccc1Oc1ccc(OC)cc1CCCCC)C(CCCCC)C(=O)O. The zero-order chi connectivity index (χ0) is 30.3. The number of hydrogen-bond acceptors (Lipinski definition) is 5. The molecule has 2 atom stereocenters. The van der Waals surface area contributed by atoms with Crippen LogP contribution in [0.5, 0.6) is 23.0 Å². The molecule has 0 saturated heterocycles. The standard InChI is InChI=1S/C34H50O7/c1-6-9-12-15-22-34(33(37)38,28(32(35)36)17-14-11-8-3)29-24-27(40-5)19-21-31(29)41-30-20-18-26(39-4)23-25(30)16-13-10-7-2/h18-21,23-24,28H,6-17,22H2,1-5H3,(H,35,36)(H,37,38). The van der Waals surface area contributed by atoms with Crippen LogP contribution in [-0.2, 0) is 21.4 Å². The van der Waals surface area contributed by atoms with Gasteiger partial charge in [-0.05, 0) is 67.6 Å². The molecule has 7 heteroatoms. The van der Waals surface area contributed by atoms with Crippen molar-refractivity contribution < 1.29 is 34.0 Å². The lowest BCUT2D eigenvalue weighted by molar-refractivity contribution is -0.157. The number of carboxylic acids is 2. The van der Waals surface area contributed by atoms with Gasteiger partial charge in [-0.15, -0.1) is 0 Å². The molecule has 0 spiro atoms. The van der Waals surface area contributed by atoms with E-state index in [0.29, 0.717) is 35.7 Å². The first-order valence-corrected chi connectivity index (χ1v) is 15.3. The van der Waals surface area contributed by atoms with E-state index in [4.69, 9.17) is 14.2 Å². The van der Waals surface area contributed by atoms with Gasteiger partial charge >= 0.3 is 11.9 Å². The van der Waals surface area contributed by atoms with Gasteiger partial charge in [-0.1, -0.05) is 78.6 Å². The largest absolute Gasteiger partial charge is 0.497 e. The fourth-order valence-corrected chi connectivity index (χ4v) is 5.61. The van der Waals surface area contributed by atoms with E-state index in [-0.39, 0.29) is 12.8 Å². The zero-order valence-electron chi connectivity index (χ0n) is 25.7. The number of unbranched alkanes of at least 4 members (excludes halogenated alkanes) is 7. The molecule has 0 fully saturated rings. The summed E-state index contributed by atoms with van der Waals surface area (Å²) < 4.78 is 17.5. The van der Waals surface area contributed by atoms with Crippen LogP contribution in [-0.4, -0.2) is 36.4 Å². The minimum Gasteiger partial charge on any atom is -0.497 e. The monoisotopic (exact) mass is 570 g/mol. The Hall–Kier alpha value is -3.22. The molecule has 0 aliphatic carbocycles. The Kier molecular flexibility index (Phi) is 14.6. The summed E-state index contributed by atoms with van der Waals surface area (Å²) in [5.41, 5.74) is -0.382. The highest BCUT2D eigenvalue weighted by molar-refractivity contribution is 5.90. The van der Waals surface area contributed by atoms with Crippen LogP contribution >= 0.6 is 0 Å². The zero-order valence-corrected chi connectivity index (χ0v) is 25.7. The van der Waals surface area contributed by atoms with Gasteiger partial charge < -0.3 is 24.4 Å². The van der Waals surface area contributed by atoms with E-state index in [1.807, 2.05) is 25.1 Å². The van der Waals surface area contributed by atoms with Gasteiger partial charge in [-0.25, -0.2) is 0 Å². The molecule has 2 rings (SSSR count). The molecular formula is C34H50O7. The van der Waals surface area contributed by atoms with Gasteiger partial charge in [-0.3, -0.25) is 9.59 Å². The van der Waals surface area contributed by atoms with E-state index >= 15 is 0 Å². The van der Waals surface area contributed by atoms with E-state index in [9.17, 15) is 19.8 Å². The summed E-state index contributed by atoms with van der Waals surface area (Å²) >= 11 is 0. The van der Waals surface area contributed by atoms with Crippen LogP contribution in [0.4, 0.5) is 0 Å². The van der Waals surface area contributed by atoms with Crippen molar-refractivity contribution in [2.45, 2.75) is 110 Å². The van der Waals surface area contributed by atoms with Gasteiger partial charge in [-0.2, -0.15) is 0 Å². The fraction of sp³-hybridized carbons (Fsp3) is 0.588. The lowest BCUT2D eigenvalue weighted by Gasteiger charge is -2.37. The van der Waals surface area contributed by atoms with Crippen molar-refractivity contribution in [2.75, 3.05) is 14.2 Å². The third-order valence-electron chi connectivity index (χ3n) is 8.00. The highest BCUT2D eigenvalue weighted by Gasteiger charge is 2.52. The molecule has 0 aliphatic heterocycles. The predicted octanol–water partition coefficient (Wildman–Crippen LogP) is 8.80. The average molecular weight is 571 g/mol. The van der Waals surface area contributed by atoms with E-state index < -0.39 is 23.3 Å². The van der Waals surface area contributed by atoms with Crippen molar-refractivity contribution >= 4 is 11.9 Å². The molecule has 0 heterocycles. The summed E-state index contributed by atoms with van der Waals surface area (Å²) in [6.07, 6.45) is 10.1. The summed E-state index contributed by atoms with van der Waals surface area (Å²) in [6, 6.07) is 10.7. The smallest absolute Gasteiger partial charge is 0.315 e. The van der Waals surface area contributed by atoms with Crippen LogP contribution in [0.25, 0.3) is 0 Å². The predicted molar refractivity (Wildman–Crippen MR) is 163 cm³/mol. The summed E-state index contributed by atoms with van der Waals surface area (Å²) in [4.78, 5) is 26.3. The Morgan fingerprint density at radius 1 is 0.756 bits per heavy atom. The van der Waals surface area contributed by atoms with Gasteiger partial charge in [0.15, 0.2) is 0 Å². The molecule has 2 N–H and O–H groups in total. The first-order chi connectivity index (χ1) is 19.8. The topological polar surface area (TPSA) is 102 Å². The number of aryl methyl sites for hydroxylation is 1. The Labute approximate surface area is 246 Å². The average Bonchev–Trinajstić information content (AvgIpc) is 2.97. The van der Waals surface area contributed by atoms with Crippen molar-refractivity contribution in [3.8, 4) is 23.0 Å². The van der Waals surface area contributed by atoms with Crippen molar-refractivity contribution in [1.29, 1.82) is 0 Å². The lowest BCUT2D eigenvalue weighted by Crippen LogP contribution is -2.47. The molecule has 0 amide bonds. The maximum atomic E-state index is 13.4. The molecular weight excluding hydrogens is 520 g/mol. The lowest BCUT2D eigenvalue weighted by atomic mass is 9.65. The highest BCUT2D eigenvalue weighted by Crippen LogP contribution is 2.47. The maximum absolute atomic E-state index is 13.4. The number of hydrogen-bond donors (Lipinski definition) is 2. The Morgan fingerprint density at radius 2 is 1.34 bits per heavy atom. The molecule has 2 unspecified atom stereocenters. The summed E-state index contributed by atoms with van der Waals surface area (Å²) in [7, 11) is 3.15. The molecule has 0 bridgehead atoms. The van der Waals surface area contributed by atoms with Gasteiger partial charge in [0.2, 0.25) is 0 Å². The van der Waals surface area contributed by atoms with Gasteiger partial charge in [0.05, 0.1) is 20.1 Å². The van der Waals surface area contributed by atoms with Crippen LogP contribution in [0.3, 0.4) is 0 Å². The Bertz CT molecular complexity index is 1100. The minimum atomic E-state index is -1.69. The number of carbonyl (C=O) groups is 2. The third-order valence-corrected chi connectivity index (χ3v) is 8.00. The molecule has 0 saturated carbocycles. The van der Waals surface area contributed by atoms with Crippen LogP contribution in [0.2, 0.25) is 0 Å². The second-order valence-electron chi connectivity index (χ2n) is 10.9. The van der Waals surface area contributed by atoms with E-state index in [2.05, 4.69) is 13.8 Å². The van der Waals surface area contributed by atoms with Crippen LogP contribution in [0.15, 0.2) is 36.4 Å². The van der Waals surface area contributed by atoms with E-state index in [1.54, 1.807) is 25.3 Å². The number of methoxy groups -OCH3 is 2. The minimum absolute atomic E-state index is 0.195. The van der Waals surface area contributed by atoms with Gasteiger partial charge in [0.1, 0.15) is 28.4 Å². The second-order valence-corrected chi connectivity index (χ2v) is 10.9. The number of rotatable bonds is 21. The van der Waals surface area contributed by atoms with Crippen molar-refractivity contribution in [3.63, 3.8) is 0 Å². The molecule has 0 aromatic heterocycles. The normalized spacial score (nSPS) is 13.3. The molecule has 0 aliphatic rings. The van der Waals surface area contributed by atoms with E-state index in [0.717, 1.165) is 69.1 Å². The van der Waals surface area contributed by atoms with Gasteiger partial charge in [0.25, 0.3) is 0 Å². The first kappa shape index (κ1) is 34.0. The number of ether oxygens (including phenoxy) is 3. The maximum Gasteiger partial charge on any atom is 0.315 e. The van der Waals surface area contributed by atoms with Gasteiger partial charge in [0, 0.05) is 5.56 Å². The molecule has 2 aromatic rings. The number of benzene rings is 2. The number of carboxylic acid groups (broad SMARTS) is 2. The molecule has 228 valence electrons. The highest BCUT2D eigenvalue weighted by atomic mass is 16.5. The summed E-state index contributed by atoms with van der Waals surface area (Å²) in [5, 5.41) is 21.5. The number of aliphatic carboxylic acids is 2. The fourth-order valence-electron chi connectivity index (χ4n) is 5.61. The van der Waals surface area contributed by atoms with E-state index in [1.165, 1.54) is 7.11 Å². The van der Waals surface area contributed by atoms with Crippen LogP contribution in [0.1, 0.15) is 109 Å². The molecule has 41 heavy (non-hydrogen) atoms. The first-order valence-electron chi connectivity index (χ1n) is 15.3.